The van der Waals surface area contributed by atoms with Crippen molar-refractivity contribution in [2.24, 2.45) is 5.73 Å². The van der Waals surface area contributed by atoms with Crippen LogP contribution in [0.25, 0.3) is 0 Å². The lowest BCUT2D eigenvalue weighted by molar-refractivity contribution is 0.0924. The molecule has 2 amide bonds. The van der Waals surface area contributed by atoms with E-state index in [2.05, 4.69) is 0 Å². The van der Waals surface area contributed by atoms with Crippen LogP contribution in [0, 0.1) is 0 Å². The van der Waals surface area contributed by atoms with Gasteiger partial charge in [0.25, 0.3) is 5.91 Å². The number of hydrogen-bond acceptors (Lipinski definition) is 6. The highest BCUT2D eigenvalue weighted by atomic mass is 32.2. The van der Waals surface area contributed by atoms with Crippen LogP contribution >= 0.6 is 0 Å². The van der Waals surface area contributed by atoms with Crippen molar-refractivity contribution in [2.75, 3.05) is 0 Å². The SMILES string of the molecule is NC(=O)c1ccc(C(=O)N([SH](=O)=O)[SH](=O)=O)cc1. The minimum absolute atomic E-state index is 0.108. The molecule has 98 valence electrons. The summed E-state index contributed by atoms with van der Waals surface area (Å²) in [6.07, 6.45) is 0. The molecule has 0 fully saturated rings. The highest BCUT2D eigenvalue weighted by Crippen LogP contribution is 2.08. The van der Waals surface area contributed by atoms with Gasteiger partial charge in [0, 0.05) is 11.1 Å². The van der Waals surface area contributed by atoms with E-state index in [0.29, 0.717) is 0 Å². The van der Waals surface area contributed by atoms with E-state index in [0.717, 1.165) is 12.1 Å². The average Bonchev–Trinajstić information content (AvgIpc) is 2.28. The molecule has 8 nitrogen and oxygen atoms in total. The lowest BCUT2D eigenvalue weighted by Gasteiger charge is -2.07. The lowest BCUT2D eigenvalue weighted by Crippen LogP contribution is -2.28. The zero-order chi connectivity index (χ0) is 13.9. The maximum atomic E-state index is 11.6. The molecule has 0 aliphatic rings. The van der Waals surface area contributed by atoms with E-state index >= 15 is 0 Å². The Balaban J connectivity index is 3.14. The molecule has 1 aromatic rings. The molecule has 2 N–H and O–H groups in total. The Morgan fingerprint density at radius 1 is 0.889 bits per heavy atom. The molecule has 0 saturated carbocycles. The number of thiol groups is 2. The number of primary amides is 1. The van der Waals surface area contributed by atoms with E-state index in [1.54, 1.807) is 0 Å². The van der Waals surface area contributed by atoms with E-state index in [9.17, 15) is 26.4 Å². The van der Waals surface area contributed by atoms with Crippen molar-refractivity contribution in [3.63, 3.8) is 0 Å². The average molecular weight is 292 g/mol. The number of nitrogens with two attached hydrogens (primary N) is 1. The lowest BCUT2D eigenvalue weighted by atomic mass is 10.1. The van der Waals surface area contributed by atoms with E-state index in [-0.39, 0.29) is 14.8 Å². The predicted molar refractivity (Wildman–Crippen MR) is 61.8 cm³/mol. The van der Waals surface area contributed by atoms with Gasteiger partial charge in [-0.1, -0.05) is 0 Å². The van der Waals surface area contributed by atoms with Gasteiger partial charge in [0.05, 0.1) is 0 Å². The first-order valence-electron chi connectivity index (χ1n) is 4.37. The van der Waals surface area contributed by atoms with Gasteiger partial charge >= 0.3 is 0 Å². The molecule has 0 bridgehead atoms. The van der Waals surface area contributed by atoms with Gasteiger partial charge in [0.2, 0.25) is 27.7 Å². The normalized spacial score (nSPS) is 10.6. The first kappa shape index (κ1) is 14.1. The summed E-state index contributed by atoms with van der Waals surface area (Å²) < 4.78 is 42.2. The molecule has 0 spiro atoms. The van der Waals surface area contributed by atoms with Gasteiger partial charge in [-0.2, -0.15) is 0 Å². The zero-order valence-corrected chi connectivity index (χ0v) is 10.5. The topological polar surface area (TPSA) is 132 Å². The maximum Gasteiger partial charge on any atom is 0.281 e. The second-order valence-corrected chi connectivity index (χ2v) is 5.08. The Labute approximate surface area is 105 Å². The summed E-state index contributed by atoms with van der Waals surface area (Å²) in [6.45, 7) is 0. The van der Waals surface area contributed by atoms with Gasteiger partial charge in [-0.15, -0.1) is 3.71 Å². The highest BCUT2D eigenvalue weighted by molar-refractivity contribution is 7.86. The predicted octanol–water partition coefficient (Wildman–Crippen LogP) is -1.72. The van der Waals surface area contributed by atoms with Crippen molar-refractivity contribution in [3.8, 4) is 0 Å². The largest absolute Gasteiger partial charge is 0.366 e. The molecule has 18 heavy (non-hydrogen) atoms. The summed E-state index contributed by atoms with van der Waals surface area (Å²) in [5.41, 5.74) is 4.88. The second-order valence-electron chi connectivity index (χ2n) is 3.01. The third-order valence-electron chi connectivity index (χ3n) is 1.91. The molecule has 0 aliphatic heterocycles. The molecule has 1 aromatic carbocycles. The van der Waals surface area contributed by atoms with E-state index in [4.69, 9.17) is 5.73 Å². The van der Waals surface area contributed by atoms with Crippen molar-refractivity contribution in [2.45, 2.75) is 0 Å². The minimum Gasteiger partial charge on any atom is -0.366 e. The summed E-state index contributed by atoms with van der Waals surface area (Å²) in [5.74, 6) is -1.95. The van der Waals surface area contributed by atoms with Gasteiger partial charge in [0.1, 0.15) is 0 Å². The van der Waals surface area contributed by atoms with Gasteiger partial charge < -0.3 is 5.73 Å². The van der Waals surface area contributed by atoms with Gasteiger partial charge in [-0.3, -0.25) is 9.59 Å². The molecule has 0 atom stereocenters. The van der Waals surface area contributed by atoms with Crippen LogP contribution in [-0.4, -0.2) is 32.4 Å². The molecular formula is C8H8N2O6S2. The van der Waals surface area contributed by atoms with Gasteiger partial charge in [-0.25, -0.2) is 16.8 Å². The highest BCUT2D eigenvalue weighted by Gasteiger charge is 2.20. The number of carbonyl (C=O) groups excluding carboxylic acids is 2. The Kier molecular flexibility index (Phi) is 4.39. The van der Waals surface area contributed by atoms with Crippen LogP contribution in [0.3, 0.4) is 0 Å². The number of rotatable bonds is 4. The second kappa shape index (κ2) is 5.60. The fraction of sp³-hybridized carbons (Fsp3) is 0. The van der Waals surface area contributed by atoms with E-state index in [1.165, 1.54) is 12.1 Å². The zero-order valence-electron chi connectivity index (χ0n) is 8.68. The van der Waals surface area contributed by atoms with Crippen LogP contribution in [0.1, 0.15) is 20.7 Å². The van der Waals surface area contributed by atoms with Crippen molar-refractivity contribution in [1.82, 2.24) is 3.71 Å². The molecule has 10 heteroatoms. The number of hydrogen-bond donors (Lipinski definition) is 3. The van der Waals surface area contributed by atoms with Crippen molar-refractivity contribution >= 4 is 33.6 Å². The molecule has 0 aliphatic carbocycles. The van der Waals surface area contributed by atoms with Crippen molar-refractivity contribution < 1.29 is 26.4 Å². The number of carbonyl (C=O) groups is 2. The summed E-state index contributed by atoms with van der Waals surface area (Å²) in [4.78, 5) is 22.3. The van der Waals surface area contributed by atoms with Crippen LogP contribution in [0.5, 0.6) is 0 Å². The third-order valence-corrected chi connectivity index (χ3v) is 3.77. The fourth-order valence-corrected chi connectivity index (χ4v) is 2.11. The third kappa shape index (κ3) is 3.05. The van der Waals surface area contributed by atoms with Crippen LogP contribution in [0.4, 0.5) is 0 Å². The monoisotopic (exact) mass is 292 g/mol. The smallest absolute Gasteiger partial charge is 0.281 e. The minimum atomic E-state index is -3.59. The Morgan fingerprint density at radius 2 is 1.28 bits per heavy atom. The molecule has 0 unspecified atom stereocenters. The van der Waals surface area contributed by atoms with Crippen LogP contribution in [0.2, 0.25) is 0 Å². The molecule has 0 saturated heterocycles. The van der Waals surface area contributed by atoms with Crippen molar-refractivity contribution in [3.05, 3.63) is 35.4 Å². The van der Waals surface area contributed by atoms with Crippen LogP contribution < -0.4 is 5.73 Å². The summed E-state index contributed by atoms with van der Waals surface area (Å²) in [6, 6.07) is 4.58. The summed E-state index contributed by atoms with van der Waals surface area (Å²) >= 11 is 0. The molecule has 0 heterocycles. The standard InChI is InChI=1S/C8H8N2O6S2/c9-7(11)5-1-3-6(4-2-5)8(12)10(17(13)14)18(15)16/h1-4,17-18H,(H2,9,11). The summed E-state index contributed by atoms with van der Waals surface area (Å²) in [7, 11) is -7.18. The fourth-order valence-electron chi connectivity index (χ4n) is 1.10. The van der Waals surface area contributed by atoms with E-state index in [1.807, 2.05) is 0 Å². The van der Waals surface area contributed by atoms with Gasteiger partial charge in [-0.05, 0) is 24.3 Å². The number of nitrogens with zero attached hydrogens (tertiary/aromatic N) is 1. The molecular weight excluding hydrogens is 284 g/mol. The maximum absolute atomic E-state index is 11.6. The molecule has 1 rings (SSSR count). The number of benzene rings is 1. The van der Waals surface area contributed by atoms with Crippen LogP contribution in [0.15, 0.2) is 24.3 Å². The number of amides is 2. The Bertz CT molecular complexity index is 593. The van der Waals surface area contributed by atoms with Gasteiger partial charge in [0.15, 0.2) is 0 Å². The first-order chi connectivity index (χ1) is 8.34. The summed E-state index contributed by atoms with van der Waals surface area (Å²) in [5, 5.41) is 0. The Hall–Kier alpha value is -1.94. The van der Waals surface area contributed by atoms with Crippen molar-refractivity contribution in [1.29, 1.82) is 0 Å². The first-order valence-corrected chi connectivity index (χ1v) is 6.63. The van der Waals surface area contributed by atoms with Crippen LogP contribution in [-0.2, 0) is 21.8 Å². The Morgan fingerprint density at radius 3 is 1.61 bits per heavy atom. The molecule has 0 radical (unpaired) electrons. The quantitative estimate of drug-likeness (QED) is 0.566. The molecule has 0 aromatic heterocycles. The van der Waals surface area contributed by atoms with E-state index < -0.39 is 33.6 Å².